The fourth-order valence-electron chi connectivity index (χ4n) is 2.48. The van der Waals surface area contributed by atoms with E-state index in [0.717, 1.165) is 24.6 Å². The first kappa shape index (κ1) is 18.8. The van der Waals surface area contributed by atoms with E-state index in [1.54, 1.807) is 11.3 Å². The molecule has 4 nitrogen and oxygen atoms in total. The molecule has 0 spiro atoms. The smallest absolute Gasteiger partial charge is 0.161 e. The van der Waals surface area contributed by atoms with Gasteiger partial charge in [-0.05, 0) is 36.6 Å². The van der Waals surface area contributed by atoms with E-state index in [1.807, 2.05) is 19.1 Å². The summed E-state index contributed by atoms with van der Waals surface area (Å²) in [6.07, 6.45) is 1.24. The van der Waals surface area contributed by atoms with Gasteiger partial charge in [-0.1, -0.05) is 6.07 Å². The van der Waals surface area contributed by atoms with Crippen LogP contribution < -0.4 is 19.7 Å². The number of nitrogens with two attached hydrogens (primary N) is 1. The number of ether oxygens (including phenoxy) is 2. The van der Waals surface area contributed by atoms with Gasteiger partial charge in [0.2, 0.25) is 0 Å². The Labute approximate surface area is 149 Å². The lowest BCUT2D eigenvalue weighted by Crippen LogP contribution is -3.06. The fourth-order valence-corrected chi connectivity index (χ4v) is 3.10. The zero-order chi connectivity index (χ0) is 17.2. The van der Waals surface area contributed by atoms with Crippen molar-refractivity contribution in [2.45, 2.75) is 26.5 Å². The molecule has 2 rings (SSSR count). The summed E-state index contributed by atoms with van der Waals surface area (Å²) in [5.74, 6) is 1.67. The maximum Gasteiger partial charge on any atom is 0.161 e. The fraction of sp³-hybridized carbons (Fsp3) is 0.474. The van der Waals surface area contributed by atoms with Crippen molar-refractivity contribution in [2.24, 2.45) is 0 Å². The molecule has 0 unspecified atom stereocenters. The van der Waals surface area contributed by atoms with Crippen molar-refractivity contribution in [3.8, 4) is 11.5 Å². The maximum atomic E-state index is 5.93. The molecule has 5 heteroatoms. The van der Waals surface area contributed by atoms with Crippen molar-refractivity contribution in [3.63, 3.8) is 0 Å². The van der Waals surface area contributed by atoms with Gasteiger partial charge in [-0.2, -0.15) is 0 Å². The third-order valence-electron chi connectivity index (χ3n) is 3.72. The largest absolute Gasteiger partial charge is 0.490 e. The molecule has 0 saturated carbocycles. The molecule has 0 aliphatic carbocycles. The van der Waals surface area contributed by atoms with Crippen LogP contribution in [0.1, 0.15) is 23.8 Å². The summed E-state index contributed by atoms with van der Waals surface area (Å²) >= 11 is 1.71. The molecule has 0 amide bonds. The molecule has 0 atom stereocenters. The lowest BCUT2D eigenvalue weighted by molar-refractivity contribution is -0.860. The summed E-state index contributed by atoms with van der Waals surface area (Å²) in [5, 5.41) is 4.43. The van der Waals surface area contributed by atoms with Crippen LogP contribution >= 0.6 is 11.3 Å². The first-order valence-electron chi connectivity index (χ1n) is 8.70. The van der Waals surface area contributed by atoms with Gasteiger partial charge in [-0.25, -0.2) is 0 Å². The van der Waals surface area contributed by atoms with Crippen LogP contribution in [0.25, 0.3) is 0 Å². The average Bonchev–Trinajstić information content (AvgIpc) is 3.07. The van der Waals surface area contributed by atoms with E-state index in [2.05, 4.69) is 43.0 Å². The van der Waals surface area contributed by atoms with E-state index >= 15 is 0 Å². The second-order valence-electron chi connectivity index (χ2n) is 6.17. The van der Waals surface area contributed by atoms with Gasteiger partial charge in [-0.15, -0.1) is 11.3 Å². The summed E-state index contributed by atoms with van der Waals surface area (Å²) in [4.78, 5) is 2.73. The molecular formula is C19H30N2O2S+2. The van der Waals surface area contributed by atoms with Gasteiger partial charge in [0.1, 0.15) is 13.2 Å². The second kappa shape index (κ2) is 10.3. The molecule has 0 radical (unpaired) electrons. The predicted octanol–water partition coefficient (Wildman–Crippen LogP) is 1.32. The Hall–Kier alpha value is -1.56. The van der Waals surface area contributed by atoms with Crippen molar-refractivity contribution < 1.29 is 19.7 Å². The lowest BCUT2D eigenvalue weighted by Gasteiger charge is -2.13. The van der Waals surface area contributed by atoms with Gasteiger partial charge in [-0.3, -0.25) is 0 Å². The van der Waals surface area contributed by atoms with Crippen LogP contribution in [0.2, 0.25) is 0 Å². The third-order valence-corrected chi connectivity index (χ3v) is 4.57. The number of hydrogen-bond acceptors (Lipinski definition) is 3. The average molecular weight is 351 g/mol. The molecule has 132 valence electrons. The lowest BCUT2D eigenvalue weighted by atomic mass is 10.2. The predicted molar refractivity (Wildman–Crippen MR) is 99.1 cm³/mol. The SMILES string of the molecule is CCOc1cc(C[NH2+]CCC[NH+](C)C)ccc1OCc1cccs1. The standard InChI is InChI=1S/C19H28N2O2S/c1-4-22-19-13-16(14-20-10-6-11-21(2)3)8-9-18(19)23-15-17-7-5-12-24-17/h5,7-9,12-13,20H,4,6,10-11,14-15H2,1-3H3/p+2. The Bertz CT molecular complexity index is 585. The monoisotopic (exact) mass is 350 g/mol. The van der Waals surface area contributed by atoms with E-state index in [4.69, 9.17) is 9.47 Å². The van der Waals surface area contributed by atoms with E-state index < -0.39 is 0 Å². The highest BCUT2D eigenvalue weighted by atomic mass is 32.1. The Kier molecular flexibility index (Phi) is 8.08. The van der Waals surface area contributed by atoms with Gasteiger partial charge in [0.25, 0.3) is 0 Å². The zero-order valence-electron chi connectivity index (χ0n) is 15.0. The normalized spacial score (nSPS) is 11.0. The highest BCUT2D eigenvalue weighted by Crippen LogP contribution is 2.29. The van der Waals surface area contributed by atoms with Crippen molar-refractivity contribution in [1.82, 2.24) is 0 Å². The van der Waals surface area contributed by atoms with E-state index in [-0.39, 0.29) is 0 Å². The van der Waals surface area contributed by atoms with Crippen LogP contribution in [0.15, 0.2) is 35.7 Å². The second-order valence-corrected chi connectivity index (χ2v) is 7.21. The molecule has 1 aromatic heterocycles. The van der Waals surface area contributed by atoms with Crippen molar-refractivity contribution in [1.29, 1.82) is 0 Å². The highest BCUT2D eigenvalue weighted by molar-refractivity contribution is 7.09. The van der Waals surface area contributed by atoms with Crippen LogP contribution in [0.3, 0.4) is 0 Å². The van der Waals surface area contributed by atoms with E-state index in [0.29, 0.717) is 13.2 Å². The summed E-state index contributed by atoms with van der Waals surface area (Å²) in [6, 6.07) is 10.4. The van der Waals surface area contributed by atoms with Crippen molar-refractivity contribution in [2.75, 3.05) is 33.8 Å². The van der Waals surface area contributed by atoms with Gasteiger partial charge in [0.15, 0.2) is 11.5 Å². The molecule has 1 heterocycles. The Balaban J connectivity index is 1.87. The minimum atomic E-state index is 0.593. The van der Waals surface area contributed by atoms with Crippen LogP contribution in [-0.4, -0.2) is 33.8 Å². The Morgan fingerprint density at radius 1 is 1.12 bits per heavy atom. The summed E-state index contributed by atoms with van der Waals surface area (Å²) < 4.78 is 11.7. The minimum Gasteiger partial charge on any atom is -0.490 e. The van der Waals surface area contributed by atoms with Gasteiger partial charge in [0.05, 0.1) is 33.8 Å². The van der Waals surface area contributed by atoms with Gasteiger partial charge in [0, 0.05) is 16.9 Å². The van der Waals surface area contributed by atoms with Crippen LogP contribution in [-0.2, 0) is 13.2 Å². The zero-order valence-corrected chi connectivity index (χ0v) is 15.8. The third kappa shape index (κ3) is 6.51. The molecule has 0 fully saturated rings. The molecule has 0 aliphatic heterocycles. The number of hydrogen-bond donors (Lipinski definition) is 2. The number of nitrogens with one attached hydrogen (secondary N) is 1. The van der Waals surface area contributed by atoms with Gasteiger partial charge >= 0.3 is 0 Å². The summed E-state index contributed by atoms with van der Waals surface area (Å²) in [5.41, 5.74) is 1.28. The van der Waals surface area contributed by atoms with Gasteiger partial charge < -0.3 is 19.7 Å². The molecule has 2 aromatic rings. The minimum absolute atomic E-state index is 0.593. The molecular weight excluding hydrogens is 320 g/mol. The van der Waals surface area contributed by atoms with Crippen LogP contribution in [0.4, 0.5) is 0 Å². The summed E-state index contributed by atoms with van der Waals surface area (Å²) in [7, 11) is 4.40. The molecule has 0 saturated heterocycles. The number of rotatable bonds is 11. The summed E-state index contributed by atoms with van der Waals surface area (Å²) in [6.45, 7) is 6.60. The topological polar surface area (TPSA) is 39.5 Å². The quantitative estimate of drug-likeness (QED) is 0.600. The number of quaternary nitrogens is 2. The Morgan fingerprint density at radius 3 is 2.71 bits per heavy atom. The first-order chi connectivity index (χ1) is 11.7. The van der Waals surface area contributed by atoms with Crippen molar-refractivity contribution in [3.05, 3.63) is 46.2 Å². The number of benzene rings is 1. The molecule has 24 heavy (non-hydrogen) atoms. The Morgan fingerprint density at radius 2 is 2.00 bits per heavy atom. The molecule has 1 aromatic carbocycles. The molecule has 3 N–H and O–H groups in total. The van der Waals surface area contributed by atoms with E-state index in [1.165, 1.54) is 28.3 Å². The number of thiophene rings is 1. The molecule has 0 bridgehead atoms. The maximum absolute atomic E-state index is 5.93. The first-order valence-corrected chi connectivity index (χ1v) is 9.58. The van der Waals surface area contributed by atoms with E-state index in [9.17, 15) is 0 Å². The highest BCUT2D eigenvalue weighted by Gasteiger charge is 2.08. The van der Waals surface area contributed by atoms with Crippen LogP contribution in [0, 0.1) is 0 Å². The van der Waals surface area contributed by atoms with Crippen molar-refractivity contribution >= 4 is 11.3 Å². The molecule has 0 aliphatic rings. The van der Waals surface area contributed by atoms with Crippen LogP contribution in [0.5, 0.6) is 11.5 Å².